The number of amides is 1. The highest BCUT2D eigenvalue weighted by Gasteiger charge is 2.12. The third-order valence-corrected chi connectivity index (χ3v) is 2.57. The molecule has 0 saturated carbocycles. The van der Waals surface area contributed by atoms with Crippen molar-refractivity contribution in [1.82, 2.24) is 4.90 Å². The molecule has 0 N–H and O–H groups in total. The average molecular weight is 260 g/mol. The molecule has 0 aromatic heterocycles. The average Bonchev–Trinajstić information content (AvgIpc) is 2.42. The molecule has 0 atom stereocenters. The normalized spacial score (nSPS) is 10.1. The van der Waals surface area contributed by atoms with Crippen LogP contribution in [0.15, 0.2) is 24.3 Å². The van der Waals surface area contributed by atoms with Crippen LogP contribution >= 0.6 is 0 Å². The van der Waals surface area contributed by atoms with Crippen LogP contribution in [0.1, 0.15) is 30.6 Å². The third-order valence-electron chi connectivity index (χ3n) is 2.57. The van der Waals surface area contributed by atoms with Gasteiger partial charge in [-0.3, -0.25) is 4.79 Å². The highest BCUT2D eigenvalue weighted by atomic mass is 16.5. The van der Waals surface area contributed by atoms with Crippen molar-refractivity contribution < 1.29 is 9.53 Å². The van der Waals surface area contributed by atoms with Crippen molar-refractivity contribution in [3.63, 3.8) is 0 Å². The predicted octanol–water partition coefficient (Wildman–Crippen LogP) is 2.71. The maximum atomic E-state index is 12.1. The number of rotatable bonds is 6. The standard InChI is InChI=1S/C15H20N2O2/c1-12(2)11-19-14-7-4-6-13(10-14)15(18)17(3)9-5-8-16/h4,6-7,10,12H,5,9,11H2,1-3H3. The fourth-order valence-corrected chi connectivity index (χ4v) is 1.52. The van der Waals surface area contributed by atoms with Gasteiger partial charge in [0.2, 0.25) is 0 Å². The van der Waals surface area contributed by atoms with Gasteiger partial charge in [-0.15, -0.1) is 0 Å². The molecular weight excluding hydrogens is 240 g/mol. The molecular formula is C15H20N2O2. The van der Waals surface area contributed by atoms with E-state index in [9.17, 15) is 4.79 Å². The van der Waals surface area contributed by atoms with Crippen LogP contribution in [0.4, 0.5) is 0 Å². The number of hydrogen-bond donors (Lipinski definition) is 0. The van der Waals surface area contributed by atoms with Crippen molar-refractivity contribution in [2.75, 3.05) is 20.2 Å². The van der Waals surface area contributed by atoms with Crippen LogP contribution in [0.5, 0.6) is 5.75 Å². The summed E-state index contributed by atoms with van der Waals surface area (Å²) in [5.74, 6) is 1.05. The predicted molar refractivity (Wildman–Crippen MR) is 74.0 cm³/mol. The zero-order chi connectivity index (χ0) is 14.3. The molecule has 0 heterocycles. The van der Waals surface area contributed by atoms with E-state index in [0.717, 1.165) is 0 Å². The smallest absolute Gasteiger partial charge is 0.253 e. The minimum absolute atomic E-state index is 0.0924. The molecule has 1 amide bonds. The molecule has 1 aromatic carbocycles. The van der Waals surface area contributed by atoms with Crippen LogP contribution in [0.25, 0.3) is 0 Å². The number of nitriles is 1. The topological polar surface area (TPSA) is 53.3 Å². The van der Waals surface area contributed by atoms with Gasteiger partial charge in [0.15, 0.2) is 0 Å². The molecule has 0 saturated heterocycles. The highest BCUT2D eigenvalue weighted by molar-refractivity contribution is 5.94. The molecule has 0 radical (unpaired) electrons. The van der Waals surface area contributed by atoms with Crippen molar-refractivity contribution in [2.45, 2.75) is 20.3 Å². The molecule has 0 aliphatic rings. The lowest BCUT2D eigenvalue weighted by atomic mass is 10.2. The van der Waals surface area contributed by atoms with Crippen molar-refractivity contribution in [3.05, 3.63) is 29.8 Å². The van der Waals surface area contributed by atoms with E-state index >= 15 is 0 Å². The Kier molecular flexibility index (Phi) is 5.87. The molecule has 4 heteroatoms. The van der Waals surface area contributed by atoms with Crippen molar-refractivity contribution in [3.8, 4) is 11.8 Å². The lowest BCUT2D eigenvalue weighted by molar-refractivity contribution is 0.0797. The van der Waals surface area contributed by atoms with E-state index in [-0.39, 0.29) is 5.91 Å². The van der Waals surface area contributed by atoms with Crippen LogP contribution in [0.3, 0.4) is 0 Å². The van der Waals surface area contributed by atoms with E-state index in [1.165, 1.54) is 0 Å². The van der Waals surface area contributed by atoms with Crippen LogP contribution in [0, 0.1) is 17.2 Å². The van der Waals surface area contributed by atoms with E-state index in [4.69, 9.17) is 10.00 Å². The molecule has 4 nitrogen and oxygen atoms in total. The Balaban J connectivity index is 2.70. The molecule has 19 heavy (non-hydrogen) atoms. The first-order valence-corrected chi connectivity index (χ1v) is 6.40. The largest absolute Gasteiger partial charge is 0.493 e. The summed E-state index contributed by atoms with van der Waals surface area (Å²) in [5.41, 5.74) is 0.585. The second-order valence-corrected chi connectivity index (χ2v) is 4.87. The number of nitrogens with zero attached hydrogens (tertiary/aromatic N) is 2. The van der Waals surface area contributed by atoms with E-state index in [1.807, 2.05) is 12.1 Å². The lowest BCUT2D eigenvalue weighted by Crippen LogP contribution is -2.27. The van der Waals surface area contributed by atoms with E-state index in [1.54, 1.807) is 30.1 Å². The SMILES string of the molecule is CC(C)COc1cccc(C(=O)N(C)CCC#N)c1. The van der Waals surface area contributed by atoms with Gasteiger partial charge in [-0.2, -0.15) is 5.26 Å². The summed E-state index contributed by atoms with van der Waals surface area (Å²) < 4.78 is 5.60. The number of carbonyl (C=O) groups is 1. The maximum Gasteiger partial charge on any atom is 0.253 e. The summed E-state index contributed by atoms with van der Waals surface area (Å²) in [5, 5.41) is 8.53. The van der Waals surface area contributed by atoms with Gasteiger partial charge in [-0.1, -0.05) is 19.9 Å². The molecule has 1 aromatic rings. The van der Waals surface area contributed by atoms with Gasteiger partial charge in [0.25, 0.3) is 5.91 Å². The molecule has 0 spiro atoms. The first kappa shape index (κ1) is 15.0. The quantitative estimate of drug-likeness (QED) is 0.790. The van der Waals surface area contributed by atoms with Gasteiger partial charge in [-0.05, 0) is 24.1 Å². The Morgan fingerprint density at radius 2 is 2.21 bits per heavy atom. The molecule has 0 fully saturated rings. The lowest BCUT2D eigenvalue weighted by Gasteiger charge is -2.16. The minimum atomic E-state index is -0.0924. The van der Waals surface area contributed by atoms with Crippen molar-refractivity contribution >= 4 is 5.91 Å². The molecule has 0 unspecified atom stereocenters. The number of benzene rings is 1. The minimum Gasteiger partial charge on any atom is -0.493 e. The Morgan fingerprint density at radius 1 is 1.47 bits per heavy atom. The highest BCUT2D eigenvalue weighted by Crippen LogP contribution is 2.15. The van der Waals surface area contributed by atoms with E-state index in [2.05, 4.69) is 13.8 Å². The number of carbonyl (C=O) groups excluding carboxylic acids is 1. The second kappa shape index (κ2) is 7.42. The first-order valence-electron chi connectivity index (χ1n) is 6.40. The Labute approximate surface area is 114 Å². The zero-order valence-electron chi connectivity index (χ0n) is 11.7. The Bertz CT molecular complexity index is 463. The molecule has 0 aliphatic carbocycles. The third kappa shape index (κ3) is 5.01. The Hall–Kier alpha value is -2.02. The summed E-state index contributed by atoms with van der Waals surface area (Å²) in [7, 11) is 1.70. The number of ether oxygens (including phenoxy) is 1. The zero-order valence-corrected chi connectivity index (χ0v) is 11.7. The fourth-order valence-electron chi connectivity index (χ4n) is 1.52. The van der Waals surface area contributed by atoms with Crippen LogP contribution < -0.4 is 4.74 Å². The van der Waals surface area contributed by atoms with Crippen LogP contribution in [-0.2, 0) is 0 Å². The van der Waals surface area contributed by atoms with Crippen LogP contribution in [-0.4, -0.2) is 31.0 Å². The van der Waals surface area contributed by atoms with Gasteiger partial charge < -0.3 is 9.64 Å². The summed E-state index contributed by atoms with van der Waals surface area (Å²) >= 11 is 0. The van der Waals surface area contributed by atoms with Crippen molar-refractivity contribution in [2.24, 2.45) is 5.92 Å². The summed E-state index contributed by atoms with van der Waals surface area (Å²) in [6.45, 7) is 5.21. The summed E-state index contributed by atoms with van der Waals surface area (Å²) in [6.07, 6.45) is 0.339. The van der Waals surface area contributed by atoms with Crippen molar-refractivity contribution in [1.29, 1.82) is 5.26 Å². The fraction of sp³-hybridized carbons (Fsp3) is 0.467. The maximum absolute atomic E-state index is 12.1. The van der Waals surface area contributed by atoms with Gasteiger partial charge in [-0.25, -0.2) is 0 Å². The monoisotopic (exact) mass is 260 g/mol. The van der Waals surface area contributed by atoms with Crippen LogP contribution in [0.2, 0.25) is 0 Å². The van der Waals surface area contributed by atoms with Gasteiger partial charge in [0.05, 0.1) is 19.1 Å². The summed E-state index contributed by atoms with van der Waals surface area (Å²) in [4.78, 5) is 13.6. The molecule has 102 valence electrons. The molecule has 0 aliphatic heterocycles. The van der Waals surface area contributed by atoms with Gasteiger partial charge >= 0.3 is 0 Å². The first-order chi connectivity index (χ1) is 9.04. The molecule has 0 bridgehead atoms. The van der Waals surface area contributed by atoms with E-state index < -0.39 is 0 Å². The number of hydrogen-bond acceptors (Lipinski definition) is 3. The Morgan fingerprint density at radius 3 is 2.84 bits per heavy atom. The van der Waals surface area contributed by atoms with E-state index in [0.29, 0.717) is 36.8 Å². The van der Waals surface area contributed by atoms with Gasteiger partial charge in [0.1, 0.15) is 5.75 Å². The molecule has 1 rings (SSSR count). The second-order valence-electron chi connectivity index (χ2n) is 4.87. The summed E-state index contributed by atoms with van der Waals surface area (Å²) in [6, 6.07) is 9.18. The van der Waals surface area contributed by atoms with Gasteiger partial charge in [0, 0.05) is 19.2 Å².